The van der Waals surface area contributed by atoms with Crippen molar-refractivity contribution in [1.29, 1.82) is 0 Å². The Morgan fingerprint density at radius 1 is 1.13 bits per heavy atom. The predicted molar refractivity (Wildman–Crippen MR) is 41.1 cm³/mol. The number of hydrogen-bond donors (Lipinski definition) is 1. The van der Waals surface area contributed by atoms with Gasteiger partial charge in [0, 0.05) is 6.07 Å². The maximum absolute atomic E-state index is 12.8. The zero-order chi connectivity index (χ0) is 11.9. The van der Waals surface area contributed by atoms with Crippen molar-refractivity contribution in [2.75, 3.05) is 5.73 Å². The summed E-state index contributed by atoms with van der Waals surface area (Å²) in [5.41, 5.74) is 3.60. The minimum atomic E-state index is -5.69. The van der Waals surface area contributed by atoms with Gasteiger partial charge in [-0.25, -0.2) is 9.97 Å². The van der Waals surface area contributed by atoms with Gasteiger partial charge in [0.15, 0.2) is 0 Å². The zero-order valence-corrected chi connectivity index (χ0v) is 7.44. The van der Waals surface area contributed by atoms with Gasteiger partial charge >= 0.3 is 12.1 Å². The van der Waals surface area contributed by atoms with E-state index in [-0.39, 0.29) is 5.82 Å². The average Bonchev–Trinajstić information content (AvgIpc) is 1.99. The number of aromatic nitrogens is 2. The van der Waals surface area contributed by atoms with Gasteiger partial charge in [0.25, 0.3) is 0 Å². The Morgan fingerprint density at radius 3 is 2.07 bits per heavy atom. The Morgan fingerprint density at radius 2 is 1.67 bits per heavy atom. The van der Waals surface area contributed by atoms with Crippen LogP contribution in [0.2, 0.25) is 0 Å². The van der Waals surface area contributed by atoms with Gasteiger partial charge in [-0.05, 0) is 6.92 Å². The fourth-order valence-electron chi connectivity index (χ4n) is 0.897. The summed E-state index contributed by atoms with van der Waals surface area (Å²) in [5, 5.41) is 0. The van der Waals surface area contributed by atoms with E-state index in [9.17, 15) is 22.0 Å². The highest BCUT2D eigenvalue weighted by Crippen LogP contribution is 2.43. The summed E-state index contributed by atoms with van der Waals surface area (Å²) in [4.78, 5) is 6.41. The Labute approximate surface area is 81.1 Å². The lowest BCUT2D eigenvalue weighted by molar-refractivity contribution is -0.291. The number of nitrogens with two attached hydrogens (primary N) is 1. The molecule has 0 radical (unpaired) electrons. The number of rotatable bonds is 1. The average molecular weight is 227 g/mol. The first-order chi connectivity index (χ1) is 6.64. The smallest absolute Gasteiger partial charge is 0.384 e. The van der Waals surface area contributed by atoms with Crippen molar-refractivity contribution in [3.05, 3.63) is 17.6 Å². The molecule has 0 aliphatic carbocycles. The summed E-state index contributed by atoms with van der Waals surface area (Å²) in [6.07, 6.45) is -5.69. The van der Waals surface area contributed by atoms with Gasteiger partial charge < -0.3 is 5.73 Å². The fourth-order valence-corrected chi connectivity index (χ4v) is 0.897. The minimum absolute atomic E-state index is 0.242. The first kappa shape index (κ1) is 11.6. The van der Waals surface area contributed by atoms with Crippen LogP contribution in [0, 0.1) is 6.92 Å². The normalized spacial score (nSPS) is 12.9. The van der Waals surface area contributed by atoms with E-state index >= 15 is 0 Å². The van der Waals surface area contributed by atoms with E-state index in [1.807, 2.05) is 0 Å². The van der Waals surface area contributed by atoms with Crippen molar-refractivity contribution < 1.29 is 22.0 Å². The summed E-state index contributed by atoms with van der Waals surface area (Å²) in [6, 6.07) is 0.403. The molecule has 8 heteroatoms. The van der Waals surface area contributed by atoms with Gasteiger partial charge in [0.1, 0.15) is 17.3 Å². The lowest BCUT2D eigenvalue weighted by Crippen LogP contribution is -2.34. The van der Waals surface area contributed by atoms with Crippen LogP contribution in [0.25, 0.3) is 0 Å². The molecule has 1 rings (SSSR count). The van der Waals surface area contributed by atoms with Crippen molar-refractivity contribution in [3.8, 4) is 0 Å². The largest absolute Gasteiger partial charge is 0.459 e. The van der Waals surface area contributed by atoms with E-state index in [0.717, 1.165) is 0 Å². The number of aryl methyl sites for hydroxylation is 1. The lowest BCUT2D eigenvalue weighted by atomic mass is 10.2. The SMILES string of the molecule is Cc1nc(N)cc(C(F)(F)C(F)(F)F)n1. The van der Waals surface area contributed by atoms with Crippen LogP contribution in [0.5, 0.6) is 0 Å². The highest BCUT2D eigenvalue weighted by atomic mass is 19.4. The Kier molecular flexibility index (Phi) is 2.54. The van der Waals surface area contributed by atoms with Gasteiger partial charge in [0.05, 0.1) is 0 Å². The molecule has 1 aromatic rings. The van der Waals surface area contributed by atoms with Crippen molar-refractivity contribution >= 4 is 5.82 Å². The van der Waals surface area contributed by atoms with E-state index < -0.39 is 23.6 Å². The first-order valence-electron chi connectivity index (χ1n) is 3.71. The second-order valence-electron chi connectivity index (χ2n) is 2.80. The number of nitrogens with zero attached hydrogens (tertiary/aromatic N) is 2. The molecule has 0 spiro atoms. The van der Waals surface area contributed by atoms with Gasteiger partial charge in [0.2, 0.25) is 0 Å². The van der Waals surface area contributed by atoms with E-state index in [1.54, 1.807) is 0 Å². The van der Waals surface area contributed by atoms with Gasteiger partial charge in [-0.2, -0.15) is 22.0 Å². The molecule has 1 aromatic heterocycles. The maximum Gasteiger partial charge on any atom is 0.459 e. The molecule has 0 fully saturated rings. The number of alkyl halides is 5. The van der Waals surface area contributed by atoms with Crippen molar-refractivity contribution in [2.24, 2.45) is 0 Å². The van der Waals surface area contributed by atoms with E-state index in [4.69, 9.17) is 5.73 Å². The molecule has 0 aliphatic heterocycles. The summed E-state index contributed by atoms with van der Waals surface area (Å²) >= 11 is 0. The van der Waals surface area contributed by atoms with Gasteiger partial charge in [-0.3, -0.25) is 0 Å². The molecule has 0 saturated heterocycles. The van der Waals surface area contributed by atoms with Crippen molar-refractivity contribution in [3.63, 3.8) is 0 Å². The molecule has 0 atom stereocenters. The van der Waals surface area contributed by atoms with Crippen LogP contribution >= 0.6 is 0 Å². The van der Waals surface area contributed by atoms with Crippen LogP contribution in [0.3, 0.4) is 0 Å². The number of nitrogen functional groups attached to an aromatic ring is 1. The van der Waals surface area contributed by atoms with Crippen LogP contribution < -0.4 is 5.73 Å². The maximum atomic E-state index is 12.8. The predicted octanol–water partition coefficient (Wildman–Crippen LogP) is 2.02. The lowest BCUT2D eigenvalue weighted by Gasteiger charge is -2.19. The summed E-state index contributed by atoms with van der Waals surface area (Å²) in [7, 11) is 0. The van der Waals surface area contributed by atoms with Gasteiger partial charge in [-0.1, -0.05) is 0 Å². The fraction of sp³-hybridized carbons (Fsp3) is 0.429. The standard InChI is InChI=1S/C7H6F5N3/c1-3-14-4(2-5(13)15-3)6(8,9)7(10,11)12/h2H,1H3,(H2,13,14,15). The van der Waals surface area contributed by atoms with Crippen LogP contribution in [0.1, 0.15) is 11.5 Å². The molecule has 3 nitrogen and oxygen atoms in total. The molecule has 84 valence electrons. The van der Waals surface area contributed by atoms with E-state index in [1.165, 1.54) is 6.92 Å². The third-order valence-corrected chi connectivity index (χ3v) is 1.54. The summed E-state index contributed by atoms with van der Waals surface area (Å²) in [5.74, 6) is -5.69. The molecule has 2 N–H and O–H groups in total. The van der Waals surface area contributed by atoms with Crippen LogP contribution in [0.4, 0.5) is 27.8 Å². The number of anilines is 1. The molecule has 0 bridgehead atoms. The Bertz CT molecular complexity index is 353. The molecule has 0 aromatic carbocycles. The monoisotopic (exact) mass is 227 g/mol. The molecule has 0 unspecified atom stereocenters. The minimum Gasteiger partial charge on any atom is -0.384 e. The second kappa shape index (κ2) is 3.28. The van der Waals surface area contributed by atoms with Crippen molar-refractivity contribution in [2.45, 2.75) is 19.0 Å². The number of halogens is 5. The van der Waals surface area contributed by atoms with Crippen LogP contribution in [0.15, 0.2) is 6.07 Å². The zero-order valence-electron chi connectivity index (χ0n) is 7.44. The quantitative estimate of drug-likeness (QED) is 0.746. The highest BCUT2D eigenvalue weighted by Gasteiger charge is 2.60. The molecule has 0 aliphatic rings. The molecular formula is C7H6F5N3. The molecular weight excluding hydrogens is 221 g/mol. The van der Waals surface area contributed by atoms with Gasteiger partial charge in [-0.15, -0.1) is 0 Å². The van der Waals surface area contributed by atoms with Crippen LogP contribution in [-0.4, -0.2) is 16.1 Å². The Balaban J connectivity index is 3.27. The molecule has 0 saturated carbocycles. The van der Waals surface area contributed by atoms with E-state index in [2.05, 4.69) is 9.97 Å². The first-order valence-corrected chi connectivity index (χ1v) is 3.71. The molecule has 1 heterocycles. The third kappa shape index (κ3) is 2.13. The summed E-state index contributed by atoms with van der Waals surface area (Å²) in [6.45, 7) is 1.17. The van der Waals surface area contributed by atoms with Crippen LogP contribution in [-0.2, 0) is 5.92 Å². The second-order valence-corrected chi connectivity index (χ2v) is 2.80. The Hall–Kier alpha value is -1.47. The summed E-state index contributed by atoms with van der Waals surface area (Å²) < 4.78 is 61.3. The number of hydrogen-bond acceptors (Lipinski definition) is 3. The molecule has 0 amide bonds. The third-order valence-electron chi connectivity index (χ3n) is 1.54. The van der Waals surface area contributed by atoms with Crippen molar-refractivity contribution in [1.82, 2.24) is 9.97 Å². The topological polar surface area (TPSA) is 51.8 Å². The molecule has 15 heavy (non-hydrogen) atoms. The highest BCUT2D eigenvalue weighted by molar-refractivity contribution is 5.31. The van der Waals surface area contributed by atoms with E-state index in [0.29, 0.717) is 6.07 Å².